The molecular weight excluding hydrogens is 448 g/mol. The fourth-order valence-electron chi connectivity index (χ4n) is 4.20. The van der Waals surface area contributed by atoms with Crippen LogP contribution in [0.25, 0.3) is 0 Å². The zero-order valence-electron chi connectivity index (χ0n) is 20.1. The largest absolute Gasteiger partial charge is 0.487 e. The number of likely N-dealkylation sites (N-methyl/N-ethyl adjacent to an activating group) is 1. The third kappa shape index (κ3) is 5.81. The van der Waals surface area contributed by atoms with Crippen molar-refractivity contribution < 1.29 is 18.3 Å². The Hall–Kier alpha value is -2.37. The van der Waals surface area contributed by atoms with Crippen molar-refractivity contribution in [1.29, 1.82) is 0 Å². The van der Waals surface area contributed by atoms with Crippen LogP contribution in [0, 0.1) is 23.7 Å². The minimum Gasteiger partial charge on any atom is -0.487 e. The zero-order valence-corrected chi connectivity index (χ0v) is 21.0. The first-order valence-corrected chi connectivity index (χ1v) is 13.4. The molecule has 2 aliphatic rings. The highest BCUT2D eigenvalue weighted by atomic mass is 32.2. The Morgan fingerprint density at radius 3 is 2.62 bits per heavy atom. The van der Waals surface area contributed by atoms with E-state index in [0.717, 1.165) is 24.9 Å². The number of aliphatic hydroxyl groups excluding tert-OH is 1. The maximum atomic E-state index is 13.6. The van der Waals surface area contributed by atoms with Crippen molar-refractivity contribution >= 4 is 10.0 Å². The average molecular weight is 483 g/mol. The summed E-state index contributed by atoms with van der Waals surface area (Å²) >= 11 is 0. The maximum Gasteiger partial charge on any atom is 0.247 e. The van der Waals surface area contributed by atoms with Crippen LogP contribution in [0.15, 0.2) is 53.4 Å². The van der Waals surface area contributed by atoms with Gasteiger partial charge in [-0.25, -0.2) is 8.42 Å². The van der Waals surface area contributed by atoms with Gasteiger partial charge in [0.1, 0.15) is 16.7 Å². The van der Waals surface area contributed by atoms with Crippen molar-refractivity contribution in [2.45, 2.75) is 50.3 Å². The molecule has 2 aromatic rings. The van der Waals surface area contributed by atoms with Gasteiger partial charge in [0.25, 0.3) is 0 Å². The minimum absolute atomic E-state index is 0.0867. The summed E-state index contributed by atoms with van der Waals surface area (Å²) in [5.41, 5.74) is 1.96. The Kier molecular flexibility index (Phi) is 7.63. The van der Waals surface area contributed by atoms with Crippen molar-refractivity contribution in [3.63, 3.8) is 0 Å². The molecule has 1 heterocycles. The number of hydrogen-bond donors (Lipinski definition) is 1. The van der Waals surface area contributed by atoms with Gasteiger partial charge < -0.3 is 9.84 Å². The highest BCUT2D eigenvalue weighted by Crippen LogP contribution is 2.34. The predicted octanol–water partition coefficient (Wildman–Crippen LogP) is 3.35. The van der Waals surface area contributed by atoms with Crippen molar-refractivity contribution in [3.05, 3.63) is 59.7 Å². The molecule has 0 bridgehead atoms. The number of fused-ring (bicyclic) bond motifs is 1. The quantitative estimate of drug-likeness (QED) is 0.640. The smallest absolute Gasteiger partial charge is 0.247 e. The lowest BCUT2D eigenvalue weighted by atomic mass is 10.0. The van der Waals surface area contributed by atoms with E-state index in [1.54, 1.807) is 25.1 Å². The lowest BCUT2D eigenvalue weighted by Crippen LogP contribution is -2.49. The number of sulfonamides is 1. The molecule has 1 aliphatic carbocycles. The lowest BCUT2D eigenvalue weighted by Gasteiger charge is -2.37. The summed E-state index contributed by atoms with van der Waals surface area (Å²) < 4.78 is 35.0. The molecule has 0 amide bonds. The SMILES string of the molecule is C[C@H]1CN([C@@H](C)CO)S(=O)(=O)c2ccc(C#CC3CC3)cc2O[C@H]1CN(C)Cc1ccccc1. The van der Waals surface area contributed by atoms with Gasteiger partial charge in [0.2, 0.25) is 10.0 Å². The third-order valence-electron chi connectivity index (χ3n) is 6.45. The molecule has 0 radical (unpaired) electrons. The molecule has 1 saturated carbocycles. The molecule has 4 rings (SSSR count). The summed E-state index contributed by atoms with van der Waals surface area (Å²) in [5, 5.41) is 9.80. The summed E-state index contributed by atoms with van der Waals surface area (Å²) in [5.74, 6) is 7.11. The van der Waals surface area contributed by atoms with Crippen LogP contribution in [0.1, 0.15) is 37.8 Å². The Labute approximate surface area is 203 Å². The number of hydrogen-bond acceptors (Lipinski definition) is 5. The number of aliphatic hydroxyl groups is 1. The van der Waals surface area contributed by atoms with E-state index in [-0.39, 0.29) is 30.1 Å². The number of benzene rings is 2. The summed E-state index contributed by atoms with van der Waals surface area (Å²) in [6.45, 7) is 5.17. The molecule has 1 N–H and O–H groups in total. The highest BCUT2D eigenvalue weighted by molar-refractivity contribution is 7.89. The van der Waals surface area contributed by atoms with Crippen LogP contribution in [-0.4, -0.2) is 61.6 Å². The second-order valence-corrected chi connectivity index (χ2v) is 11.5. The van der Waals surface area contributed by atoms with E-state index >= 15 is 0 Å². The molecule has 1 aliphatic heterocycles. The molecule has 3 atom stereocenters. The molecule has 0 aromatic heterocycles. The van der Waals surface area contributed by atoms with Gasteiger partial charge in [-0.15, -0.1) is 0 Å². The van der Waals surface area contributed by atoms with E-state index in [2.05, 4.69) is 28.9 Å². The van der Waals surface area contributed by atoms with Crippen molar-refractivity contribution in [2.75, 3.05) is 26.7 Å². The van der Waals surface area contributed by atoms with Crippen LogP contribution < -0.4 is 4.74 Å². The van der Waals surface area contributed by atoms with Gasteiger partial charge in [-0.3, -0.25) is 4.90 Å². The second kappa shape index (κ2) is 10.5. The van der Waals surface area contributed by atoms with Crippen LogP contribution >= 0.6 is 0 Å². The highest BCUT2D eigenvalue weighted by Gasteiger charge is 2.38. The van der Waals surface area contributed by atoms with Gasteiger partial charge in [0.05, 0.1) is 6.61 Å². The first-order valence-electron chi connectivity index (χ1n) is 12.0. The number of rotatable bonds is 6. The summed E-state index contributed by atoms with van der Waals surface area (Å²) in [7, 11) is -1.79. The fraction of sp³-hybridized carbons (Fsp3) is 0.481. The van der Waals surface area contributed by atoms with E-state index in [4.69, 9.17) is 4.74 Å². The van der Waals surface area contributed by atoms with Crippen molar-refractivity contribution in [3.8, 4) is 17.6 Å². The standard InChI is InChI=1S/C27H34N2O4S/c1-20-16-29(21(2)19-30)34(31,32)27-14-13-23(12-11-22-9-10-22)15-25(27)33-26(20)18-28(3)17-24-7-5-4-6-8-24/h4-8,13-15,20-22,26,30H,9-10,16-19H2,1-3H3/t20-,21-,26-/m0/s1. The van der Waals surface area contributed by atoms with Gasteiger partial charge in [-0.05, 0) is 50.6 Å². The van der Waals surface area contributed by atoms with E-state index < -0.39 is 16.1 Å². The monoisotopic (exact) mass is 482 g/mol. The van der Waals surface area contributed by atoms with Gasteiger partial charge in [0, 0.05) is 43.1 Å². The molecule has 6 nitrogen and oxygen atoms in total. The molecule has 2 aromatic carbocycles. The summed E-state index contributed by atoms with van der Waals surface area (Å²) in [6, 6.07) is 14.8. The Morgan fingerprint density at radius 1 is 1.21 bits per heavy atom. The van der Waals surface area contributed by atoms with E-state index in [0.29, 0.717) is 18.2 Å². The molecule has 0 spiro atoms. The predicted molar refractivity (Wildman–Crippen MR) is 133 cm³/mol. The Morgan fingerprint density at radius 2 is 1.94 bits per heavy atom. The normalized spacial score (nSPS) is 23.1. The van der Waals surface area contributed by atoms with Gasteiger partial charge >= 0.3 is 0 Å². The van der Waals surface area contributed by atoms with Gasteiger partial charge in [-0.2, -0.15) is 4.31 Å². The maximum absolute atomic E-state index is 13.6. The Bertz CT molecular complexity index is 1150. The summed E-state index contributed by atoms with van der Waals surface area (Å²) in [6.07, 6.45) is 2.02. The van der Waals surface area contributed by atoms with Crippen LogP contribution in [-0.2, 0) is 16.6 Å². The minimum atomic E-state index is -3.84. The topological polar surface area (TPSA) is 70.1 Å². The molecule has 34 heavy (non-hydrogen) atoms. The lowest BCUT2D eigenvalue weighted by molar-refractivity contribution is 0.0733. The van der Waals surface area contributed by atoms with E-state index in [9.17, 15) is 13.5 Å². The average Bonchev–Trinajstić information content (AvgIpc) is 3.64. The van der Waals surface area contributed by atoms with E-state index in [1.807, 2.05) is 32.2 Å². The molecule has 0 unspecified atom stereocenters. The van der Waals surface area contributed by atoms with Crippen LogP contribution in [0.2, 0.25) is 0 Å². The summed E-state index contributed by atoms with van der Waals surface area (Å²) in [4.78, 5) is 2.33. The van der Waals surface area contributed by atoms with Gasteiger partial charge in [-0.1, -0.05) is 49.1 Å². The van der Waals surface area contributed by atoms with Gasteiger partial charge in [0.15, 0.2) is 0 Å². The molecule has 182 valence electrons. The molecule has 0 saturated heterocycles. The zero-order chi connectivity index (χ0) is 24.3. The number of nitrogens with zero attached hydrogens (tertiary/aromatic N) is 2. The Balaban J connectivity index is 1.66. The molecule has 7 heteroatoms. The van der Waals surface area contributed by atoms with Crippen LogP contribution in [0.4, 0.5) is 0 Å². The molecule has 1 fully saturated rings. The van der Waals surface area contributed by atoms with E-state index in [1.165, 1.54) is 9.87 Å². The third-order valence-corrected chi connectivity index (χ3v) is 8.47. The fourth-order valence-corrected chi connectivity index (χ4v) is 6.03. The van der Waals surface area contributed by atoms with Crippen LogP contribution in [0.3, 0.4) is 0 Å². The number of ether oxygens (including phenoxy) is 1. The van der Waals surface area contributed by atoms with Crippen molar-refractivity contribution in [1.82, 2.24) is 9.21 Å². The van der Waals surface area contributed by atoms with Crippen LogP contribution in [0.5, 0.6) is 5.75 Å². The first-order chi connectivity index (χ1) is 16.3. The first kappa shape index (κ1) is 24.7. The van der Waals surface area contributed by atoms with Crippen molar-refractivity contribution in [2.24, 2.45) is 11.8 Å². The molecular formula is C27H34N2O4S. The second-order valence-electron chi connectivity index (χ2n) is 9.63.